The molecule has 4 heteroatoms. The van der Waals surface area contributed by atoms with Crippen molar-refractivity contribution in [2.45, 2.75) is 11.8 Å². The Morgan fingerprint density at radius 2 is 2.38 bits per heavy atom. The maximum atomic E-state index is 6.12. The minimum Gasteiger partial charge on any atom is -0.495 e. The molecule has 1 aliphatic heterocycles. The zero-order valence-corrected chi connectivity index (χ0v) is 10.1. The van der Waals surface area contributed by atoms with Crippen molar-refractivity contribution < 1.29 is 9.47 Å². The molecule has 2 rings (SSSR count). The third kappa shape index (κ3) is 1.90. The zero-order chi connectivity index (χ0) is 11.6. The average molecular weight is 242 g/mol. The Labute approximate surface area is 100 Å². The van der Waals surface area contributed by atoms with E-state index in [1.54, 1.807) is 7.11 Å². The Morgan fingerprint density at radius 3 is 2.88 bits per heavy atom. The highest BCUT2D eigenvalue weighted by molar-refractivity contribution is 6.32. The van der Waals surface area contributed by atoms with Crippen molar-refractivity contribution in [2.24, 2.45) is 5.73 Å². The van der Waals surface area contributed by atoms with Crippen molar-refractivity contribution in [1.82, 2.24) is 0 Å². The van der Waals surface area contributed by atoms with Crippen molar-refractivity contribution in [3.05, 3.63) is 28.8 Å². The van der Waals surface area contributed by atoms with Gasteiger partial charge in [-0.2, -0.15) is 0 Å². The van der Waals surface area contributed by atoms with Crippen LogP contribution in [0, 0.1) is 0 Å². The van der Waals surface area contributed by atoms with Crippen molar-refractivity contribution >= 4 is 11.6 Å². The molecule has 0 aromatic heterocycles. The molecule has 3 nitrogen and oxygen atoms in total. The smallest absolute Gasteiger partial charge is 0.137 e. The molecule has 1 aromatic rings. The molecule has 0 aliphatic carbocycles. The van der Waals surface area contributed by atoms with E-state index >= 15 is 0 Å². The van der Waals surface area contributed by atoms with E-state index in [2.05, 4.69) is 0 Å². The van der Waals surface area contributed by atoms with E-state index in [-0.39, 0.29) is 5.41 Å². The van der Waals surface area contributed by atoms with Crippen LogP contribution in [0.2, 0.25) is 5.02 Å². The summed E-state index contributed by atoms with van der Waals surface area (Å²) in [5, 5.41) is 0.625. The third-order valence-electron chi connectivity index (χ3n) is 3.26. The quantitative estimate of drug-likeness (QED) is 0.880. The molecule has 1 heterocycles. The van der Waals surface area contributed by atoms with E-state index in [1.165, 1.54) is 0 Å². The van der Waals surface area contributed by atoms with Gasteiger partial charge in [-0.1, -0.05) is 17.7 Å². The summed E-state index contributed by atoms with van der Waals surface area (Å²) in [5.74, 6) is 0.691. The molecule has 0 amide bonds. The van der Waals surface area contributed by atoms with Crippen LogP contribution in [0.4, 0.5) is 0 Å². The predicted octanol–water partition coefficient (Wildman–Crippen LogP) is 1.97. The molecular formula is C12H16ClNO2. The summed E-state index contributed by atoms with van der Waals surface area (Å²) >= 11 is 6.12. The maximum absolute atomic E-state index is 6.12. The number of nitrogens with two attached hydrogens (primary N) is 1. The number of methoxy groups -OCH3 is 1. The monoisotopic (exact) mass is 241 g/mol. The van der Waals surface area contributed by atoms with Crippen LogP contribution >= 0.6 is 11.6 Å². The van der Waals surface area contributed by atoms with Crippen LogP contribution in [0.3, 0.4) is 0 Å². The van der Waals surface area contributed by atoms with E-state index in [1.807, 2.05) is 18.2 Å². The number of ether oxygens (including phenoxy) is 2. The van der Waals surface area contributed by atoms with Gasteiger partial charge in [-0.15, -0.1) is 0 Å². The van der Waals surface area contributed by atoms with Gasteiger partial charge < -0.3 is 15.2 Å². The fraction of sp³-hybridized carbons (Fsp3) is 0.500. The summed E-state index contributed by atoms with van der Waals surface area (Å²) in [6.07, 6.45) is 0.951. The molecule has 0 saturated carbocycles. The molecule has 0 spiro atoms. The first-order chi connectivity index (χ1) is 7.72. The molecule has 0 radical (unpaired) electrons. The molecule has 0 bridgehead atoms. The number of hydrogen-bond acceptors (Lipinski definition) is 3. The lowest BCUT2D eigenvalue weighted by Crippen LogP contribution is -2.35. The largest absolute Gasteiger partial charge is 0.495 e. The first kappa shape index (κ1) is 11.7. The van der Waals surface area contributed by atoms with E-state index < -0.39 is 0 Å². The van der Waals surface area contributed by atoms with Gasteiger partial charge in [-0.3, -0.25) is 0 Å². The summed E-state index contributed by atoms with van der Waals surface area (Å²) in [5.41, 5.74) is 6.93. The molecule has 1 fully saturated rings. The highest BCUT2D eigenvalue weighted by Gasteiger charge is 2.35. The summed E-state index contributed by atoms with van der Waals surface area (Å²) in [6.45, 7) is 2.02. The van der Waals surface area contributed by atoms with Crippen molar-refractivity contribution in [2.75, 3.05) is 26.9 Å². The lowest BCUT2D eigenvalue weighted by atomic mass is 9.80. The van der Waals surface area contributed by atoms with Gasteiger partial charge in [0.2, 0.25) is 0 Å². The first-order valence-electron chi connectivity index (χ1n) is 5.34. The van der Waals surface area contributed by atoms with Gasteiger partial charge in [0, 0.05) is 18.6 Å². The van der Waals surface area contributed by atoms with Crippen LogP contribution in [-0.2, 0) is 10.2 Å². The highest BCUT2D eigenvalue weighted by Crippen LogP contribution is 2.36. The molecular weight excluding hydrogens is 226 g/mol. The third-order valence-corrected chi connectivity index (χ3v) is 3.55. The highest BCUT2D eigenvalue weighted by atomic mass is 35.5. The summed E-state index contributed by atoms with van der Waals surface area (Å²) in [6, 6.07) is 5.83. The van der Waals surface area contributed by atoms with Crippen LogP contribution in [0.1, 0.15) is 12.0 Å². The molecule has 1 aliphatic rings. The second-order valence-electron chi connectivity index (χ2n) is 4.14. The van der Waals surface area contributed by atoms with Crippen LogP contribution in [0.5, 0.6) is 5.75 Å². The SMILES string of the molecule is COc1ccc(C2(CN)CCOC2)cc1Cl. The van der Waals surface area contributed by atoms with E-state index in [0.717, 1.165) is 18.6 Å². The van der Waals surface area contributed by atoms with Gasteiger partial charge in [0.15, 0.2) is 0 Å². The fourth-order valence-electron chi connectivity index (χ4n) is 2.11. The fourth-order valence-corrected chi connectivity index (χ4v) is 2.37. The van der Waals surface area contributed by atoms with Crippen LogP contribution < -0.4 is 10.5 Å². The Morgan fingerprint density at radius 1 is 1.56 bits per heavy atom. The van der Waals surface area contributed by atoms with Gasteiger partial charge in [-0.05, 0) is 24.1 Å². The van der Waals surface area contributed by atoms with Gasteiger partial charge in [0.05, 0.1) is 18.7 Å². The van der Waals surface area contributed by atoms with Gasteiger partial charge in [-0.25, -0.2) is 0 Å². The van der Waals surface area contributed by atoms with E-state index in [9.17, 15) is 0 Å². The number of benzene rings is 1. The lowest BCUT2D eigenvalue weighted by Gasteiger charge is -2.26. The second kappa shape index (κ2) is 4.62. The first-order valence-corrected chi connectivity index (χ1v) is 5.71. The topological polar surface area (TPSA) is 44.5 Å². The van der Waals surface area contributed by atoms with Crippen LogP contribution in [0.15, 0.2) is 18.2 Å². The standard InChI is InChI=1S/C12H16ClNO2/c1-15-11-3-2-9(6-10(11)13)12(7-14)4-5-16-8-12/h2-3,6H,4-5,7-8,14H2,1H3. The van der Waals surface area contributed by atoms with Crippen molar-refractivity contribution in [3.63, 3.8) is 0 Å². The Bertz CT molecular complexity index is 375. The normalized spacial score (nSPS) is 24.7. The van der Waals surface area contributed by atoms with Crippen molar-refractivity contribution in [3.8, 4) is 5.75 Å². The summed E-state index contributed by atoms with van der Waals surface area (Å²) in [7, 11) is 1.61. The summed E-state index contributed by atoms with van der Waals surface area (Å²) < 4.78 is 10.6. The molecule has 1 unspecified atom stereocenters. The Balaban J connectivity index is 2.36. The van der Waals surface area contributed by atoms with E-state index in [0.29, 0.717) is 23.9 Å². The Kier molecular flexibility index (Phi) is 3.38. The number of hydrogen-bond donors (Lipinski definition) is 1. The zero-order valence-electron chi connectivity index (χ0n) is 9.33. The van der Waals surface area contributed by atoms with Crippen molar-refractivity contribution in [1.29, 1.82) is 0 Å². The predicted molar refractivity (Wildman–Crippen MR) is 64.2 cm³/mol. The molecule has 1 atom stereocenters. The van der Waals surface area contributed by atoms with Gasteiger partial charge in [0.25, 0.3) is 0 Å². The van der Waals surface area contributed by atoms with Gasteiger partial charge >= 0.3 is 0 Å². The lowest BCUT2D eigenvalue weighted by molar-refractivity contribution is 0.178. The number of rotatable bonds is 3. The average Bonchev–Trinajstić information content (AvgIpc) is 2.78. The van der Waals surface area contributed by atoms with Crippen LogP contribution in [-0.4, -0.2) is 26.9 Å². The minimum absolute atomic E-state index is 0.0735. The molecule has 2 N–H and O–H groups in total. The van der Waals surface area contributed by atoms with Crippen LogP contribution in [0.25, 0.3) is 0 Å². The van der Waals surface area contributed by atoms with E-state index in [4.69, 9.17) is 26.8 Å². The van der Waals surface area contributed by atoms with Gasteiger partial charge in [0.1, 0.15) is 5.75 Å². The second-order valence-corrected chi connectivity index (χ2v) is 4.54. The molecule has 16 heavy (non-hydrogen) atoms. The molecule has 1 saturated heterocycles. The maximum Gasteiger partial charge on any atom is 0.137 e. The minimum atomic E-state index is -0.0735. The summed E-state index contributed by atoms with van der Waals surface area (Å²) in [4.78, 5) is 0. The Hall–Kier alpha value is -0.770. The molecule has 88 valence electrons. The number of halogens is 1. The molecule has 1 aromatic carbocycles.